The molecule has 0 amide bonds. The SMILES string of the molecule is O=C(Oc1ccc(C=NNc2ccc([N+](=O)[O-])cc2)cc1)c1ccc(F)cc1. The van der Waals surface area contributed by atoms with Crippen molar-refractivity contribution in [2.24, 2.45) is 5.10 Å². The molecule has 0 atom stereocenters. The van der Waals surface area contributed by atoms with Crippen LogP contribution in [0, 0.1) is 15.9 Å². The number of hydrazone groups is 1. The molecule has 7 nitrogen and oxygen atoms in total. The van der Waals surface area contributed by atoms with Gasteiger partial charge in [-0.15, -0.1) is 0 Å². The minimum Gasteiger partial charge on any atom is -0.423 e. The minimum atomic E-state index is -0.582. The van der Waals surface area contributed by atoms with Crippen LogP contribution in [0.3, 0.4) is 0 Å². The van der Waals surface area contributed by atoms with E-state index in [4.69, 9.17) is 4.74 Å². The molecule has 28 heavy (non-hydrogen) atoms. The van der Waals surface area contributed by atoms with Gasteiger partial charge in [0.2, 0.25) is 0 Å². The maximum Gasteiger partial charge on any atom is 0.343 e. The Kier molecular flexibility index (Phi) is 5.71. The number of nitro benzene ring substituents is 1. The molecule has 0 unspecified atom stereocenters. The molecule has 1 N–H and O–H groups in total. The van der Waals surface area contributed by atoms with E-state index in [1.54, 1.807) is 42.6 Å². The first-order valence-electron chi connectivity index (χ1n) is 8.12. The third-order valence-corrected chi connectivity index (χ3v) is 3.66. The molecule has 0 fully saturated rings. The number of anilines is 1. The van der Waals surface area contributed by atoms with Gasteiger partial charge in [0.15, 0.2) is 0 Å². The van der Waals surface area contributed by atoms with E-state index in [0.717, 1.165) is 5.56 Å². The Morgan fingerprint density at radius 2 is 1.64 bits per heavy atom. The van der Waals surface area contributed by atoms with Crippen molar-refractivity contribution < 1.29 is 18.8 Å². The summed E-state index contributed by atoms with van der Waals surface area (Å²) in [6.07, 6.45) is 1.55. The summed E-state index contributed by atoms with van der Waals surface area (Å²) >= 11 is 0. The second-order valence-electron chi connectivity index (χ2n) is 5.64. The lowest BCUT2D eigenvalue weighted by molar-refractivity contribution is -0.384. The number of non-ortho nitro benzene ring substituents is 1. The van der Waals surface area contributed by atoms with Gasteiger partial charge in [-0.25, -0.2) is 9.18 Å². The molecule has 0 aliphatic carbocycles. The summed E-state index contributed by atoms with van der Waals surface area (Å²) in [4.78, 5) is 22.1. The fourth-order valence-corrected chi connectivity index (χ4v) is 2.21. The third-order valence-electron chi connectivity index (χ3n) is 3.66. The molecule has 0 saturated carbocycles. The van der Waals surface area contributed by atoms with Gasteiger partial charge in [-0.2, -0.15) is 5.10 Å². The number of hydrogen-bond acceptors (Lipinski definition) is 6. The molecular formula is C20H14FN3O4. The Morgan fingerprint density at radius 3 is 2.25 bits per heavy atom. The second-order valence-corrected chi connectivity index (χ2v) is 5.64. The maximum atomic E-state index is 12.9. The first-order valence-corrected chi connectivity index (χ1v) is 8.12. The van der Waals surface area contributed by atoms with Crippen LogP contribution in [0.25, 0.3) is 0 Å². The number of benzene rings is 3. The van der Waals surface area contributed by atoms with Gasteiger partial charge in [-0.3, -0.25) is 15.5 Å². The van der Waals surface area contributed by atoms with E-state index < -0.39 is 16.7 Å². The summed E-state index contributed by atoms with van der Waals surface area (Å²) < 4.78 is 18.1. The third kappa shape index (κ3) is 4.98. The predicted octanol–water partition coefficient (Wildman–Crippen LogP) is 4.40. The molecule has 0 aliphatic heterocycles. The largest absolute Gasteiger partial charge is 0.423 e. The molecule has 0 heterocycles. The molecule has 0 bridgehead atoms. The van der Waals surface area contributed by atoms with E-state index in [0.29, 0.717) is 11.4 Å². The first kappa shape index (κ1) is 18.7. The van der Waals surface area contributed by atoms with E-state index in [1.165, 1.54) is 36.4 Å². The Morgan fingerprint density at radius 1 is 1.00 bits per heavy atom. The van der Waals surface area contributed by atoms with Crippen molar-refractivity contribution in [1.82, 2.24) is 0 Å². The van der Waals surface area contributed by atoms with E-state index in [1.807, 2.05) is 0 Å². The highest BCUT2D eigenvalue weighted by molar-refractivity contribution is 5.91. The molecule has 140 valence electrons. The summed E-state index contributed by atoms with van der Waals surface area (Å²) in [5, 5.41) is 14.7. The Bertz CT molecular complexity index is 1000. The summed E-state index contributed by atoms with van der Waals surface area (Å²) in [6.45, 7) is 0. The quantitative estimate of drug-likeness (QED) is 0.225. The molecule has 8 heteroatoms. The summed E-state index contributed by atoms with van der Waals surface area (Å²) in [7, 11) is 0. The van der Waals surface area contributed by atoms with Gasteiger partial charge in [0, 0.05) is 12.1 Å². The topological polar surface area (TPSA) is 93.8 Å². The fourth-order valence-electron chi connectivity index (χ4n) is 2.21. The molecule has 3 aromatic rings. The number of carbonyl (C=O) groups excluding carboxylic acids is 1. The number of nitro groups is 1. The van der Waals surface area contributed by atoms with E-state index in [-0.39, 0.29) is 11.3 Å². The molecule has 0 saturated heterocycles. The lowest BCUT2D eigenvalue weighted by Gasteiger charge is -2.04. The lowest BCUT2D eigenvalue weighted by atomic mass is 10.2. The van der Waals surface area contributed by atoms with E-state index in [9.17, 15) is 19.3 Å². The van der Waals surface area contributed by atoms with Crippen LogP contribution in [-0.4, -0.2) is 17.1 Å². The monoisotopic (exact) mass is 379 g/mol. The van der Waals surface area contributed by atoms with Crippen LogP contribution in [0.1, 0.15) is 15.9 Å². The van der Waals surface area contributed by atoms with Crippen LogP contribution in [-0.2, 0) is 0 Å². The van der Waals surface area contributed by atoms with Crippen LogP contribution in [0.15, 0.2) is 77.9 Å². The lowest BCUT2D eigenvalue weighted by Crippen LogP contribution is -2.08. The van der Waals surface area contributed by atoms with Crippen molar-refractivity contribution >= 4 is 23.6 Å². The number of ether oxygens (including phenoxy) is 1. The molecular weight excluding hydrogens is 365 g/mol. The number of halogens is 1. The highest BCUT2D eigenvalue weighted by Gasteiger charge is 2.08. The first-order chi connectivity index (χ1) is 13.5. The zero-order chi connectivity index (χ0) is 19.9. The van der Waals surface area contributed by atoms with Crippen LogP contribution < -0.4 is 10.2 Å². The number of nitrogens with one attached hydrogen (secondary N) is 1. The molecule has 3 aromatic carbocycles. The highest BCUT2D eigenvalue weighted by atomic mass is 19.1. The van der Waals surface area contributed by atoms with Crippen molar-refractivity contribution in [1.29, 1.82) is 0 Å². The second kappa shape index (κ2) is 8.54. The van der Waals surface area contributed by atoms with Crippen molar-refractivity contribution in [3.63, 3.8) is 0 Å². The van der Waals surface area contributed by atoms with Crippen molar-refractivity contribution in [3.8, 4) is 5.75 Å². The van der Waals surface area contributed by atoms with Crippen LogP contribution in [0.4, 0.5) is 15.8 Å². The molecule has 0 aliphatic rings. The van der Waals surface area contributed by atoms with Gasteiger partial charge in [0.1, 0.15) is 11.6 Å². The molecule has 0 spiro atoms. The van der Waals surface area contributed by atoms with Gasteiger partial charge in [-0.05, 0) is 66.2 Å². The van der Waals surface area contributed by atoms with Gasteiger partial charge in [0.05, 0.1) is 22.4 Å². The predicted molar refractivity (Wildman–Crippen MR) is 102 cm³/mol. The molecule has 3 rings (SSSR count). The zero-order valence-corrected chi connectivity index (χ0v) is 14.4. The highest BCUT2D eigenvalue weighted by Crippen LogP contribution is 2.16. The Labute approximate surface area is 159 Å². The smallest absolute Gasteiger partial charge is 0.343 e. The van der Waals surface area contributed by atoms with Crippen LogP contribution in [0.5, 0.6) is 5.75 Å². The average molecular weight is 379 g/mol. The minimum absolute atomic E-state index is 0.000280. The zero-order valence-electron chi connectivity index (χ0n) is 14.4. The van der Waals surface area contributed by atoms with Gasteiger partial charge >= 0.3 is 5.97 Å². The maximum absolute atomic E-state index is 12.9. The number of carbonyl (C=O) groups is 1. The van der Waals surface area contributed by atoms with Crippen molar-refractivity contribution in [3.05, 3.63) is 99.9 Å². The normalized spacial score (nSPS) is 10.6. The van der Waals surface area contributed by atoms with E-state index in [2.05, 4.69) is 10.5 Å². The van der Waals surface area contributed by atoms with Gasteiger partial charge < -0.3 is 4.74 Å². The van der Waals surface area contributed by atoms with Gasteiger partial charge in [-0.1, -0.05) is 0 Å². The fraction of sp³-hybridized carbons (Fsp3) is 0. The summed E-state index contributed by atoms with van der Waals surface area (Å²) in [5.41, 5.74) is 4.36. The Hall–Kier alpha value is -4.07. The number of nitrogens with zero attached hydrogens (tertiary/aromatic N) is 2. The number of rotatable bonds is 6. The summed E-state index contributed by atoms with van der Waals surface area (Å²) in [5.74, 6) is -0.668. The molecule has 0 radical (unpaired) electrons. The molecule has 0 aromatic heterocycles. The summed E-state index contributed by atoms with van der Waals surface area (Å²) in [6, 6.07) is 17.5. The van der Waals surface area contributed by atoms with E-state index >= 15 is 0 Å². The van der Waals surface area contributed by atoms with Crippen LogP contribution in [0.2, 0.25) is 0 Å². The van der Waals surface area contributed by atoms with Crippen molar-refractivity contribution in [2.75, 3.05) is 5.43 Å². The van der Waals surface area contributed by atoms with Gasteiger partial charge in [0.25, 0.3) is 5.69 Å². The standard InChI is InChI=1S/C20H14FN3O4/c21-16-5-3-15(4-6-16)20(25)28-19-11-1-14(2-12-19)13-22-23-17-7-9-18(10-8-17)24(26)27/h1-13,23H. The van der Waals surface area contributed by atoms with Crippen LogP contribution >= 0.6 is 0 Å². The number of esters is 1. The number of hydrogen-bond donors (Lipinski definition) is 1. The average Bonchev–Trinajstić information content (AvgIpc) is 2.70. The van der Waals surface area contributed by atoms with Crippen molar-refractivity contribution in [2.45, 2.75) is 0 Å². The Balaban J connectivity index is 1.56.